The van der Waals surface area contributed by atoms with Crippen LogP contribution in [0.4, 0.5) is 13.2 Å². The third-order valence-electron chi connectivity index (χ3n) is 3.69. The molecule has 2 aromatic heterocycles. The highest BCUT2D eigenvalue weighted by molar-refractivity contribution is 5.99. The zero-order valence-electron chi connectivity index (χ0n) is 13.2. The predicted molar refractivity (Wildman–Crippen MR) is 85.3 cm³/mol. The van der Waals surface area contributed by atoms with Gasteiger partial charge in [0.05, 0.1) is 18.2 Å². The first-order valence-corrected chi connectivity index (χ1v) is 7.25. The molecule has 0 atom stereocenters. The molecule has 6 nitrogen and oxygen atoms in total. The van der Waals surface area contributed by atoms with Gasteiger partial charge in [-0.2, -0.15) is 13.2 Å². The first kappa shape index (κ1) is 17.5. The molecule has 3 rings (SSSR count). The summed E-state index contributed by atoms with van der Waals surface area (Å²) in [5.41, 5.74) is -3.22. The van der Waals surface area contributed by atoms with Gasteiger partial charge in [0.2, 0.25) is 0 Å². The summed E-state index contributed by atoms with van der Waals surface area (Å²) in [4.78, 5) is 28.2. The van der Waals surface area contributed by atoms with E-state index in [0.717, 1.165) is 17.7 Å². The molecule has 0 aliphatic carbocycles. The molecule has 2 heterocycles. The van der Waals surface area contributed by atoms with Crippen molar-refractivity contribution in [1.29, 1.82) is 0 Å². The summed E-state index contributed by atoms with van der Waals surface area (Å²) in [5, 5.41) is 10.1. The number of nitrogens with zero attached hydrogens (tertiary/aromatic N) is 2. The van der Waals surface area contributed by atoms with Crippen molar-refractivity contribution in [2.75, 3.05) is 7.11 Å². The van der Waals surface area contributed by atoms with E-state index in [-0.39, 0.29) is 11.1 Å². The second-order valence-electron chi connectivity index (χ2n) is 5.26. The molecule has 134 valence electrons. The van der Waals surface area contributed by atoms with Gasteiger partial charge < -0.3 is 9.84 Å². The number of fused-ring (bicyclic) bond motifs is 1. The molecule has 1 aromatic carbocycles. The Morgan fingerprint density at radius 1 is 1.15 bits per heavy atom. The molecule has 3 aromatic rings. The van der Waals surface area contributed by atoms with Gasteiger partial charge in [0, 0.05) is 0 Å². The van der Waals surface area contributed by atoms with Gasteiger partial charge in [0.15, 0.2) is 11.2 Å². The lowest BCUT2D eigenvalue weighted by Crippen LogP contribution is -2.27. The van der Waals surface area contributed by atoms with Crippen LogP contribution in [0.25, 0.3) is 16.7 Å². The number of aromatic nitrogens is 2. The topological polar surface area (TPSA) is 81.4 Å². The molecule has 0 amide bonds. The zero-order chi connectivity index (χ0) is 19.1. The Hall–Kier alpha value is -3.36. The SMILES string of the molecule is COC(=O)c1c(O)c2ccc(C(F)(F)F)nc2n(-c2ccccc2)c1=O. The highest BCUT2D eigenvalue weighted by atomic mass is 19.4. The Bertz CT molecular complexity index is 1060. The Morgan fingerprint density at radius 2 is 1.81 bits per heavy atom. The molecule has 0 spiro atoms. The zero-order valence-corrected chi connectivity index (χ0v) is 13.2. The lowest BCUT2D eigenvalue weighted by Gasteiger charge is -2.15. The van der Waals surface area contributed by atoms with Crippen LogP contribution in [0, 0.1) is 0 Å². The highest BCUT2D eigenvalue weighted by Crippen LogP contribution is 2.32. The van der Waals surface area contributed by atoms with Crippen LogP contribution in [-0.2, 0) is 10.9 Å². The van der Waals surface area contributed by atoms with Crippen molar-refractivity contribution in [1.82, 2.24) is 9.55 Å². The van der Waals surface area contributed by atoms with Gasteiger partial charge in [-0.15, -0.1) is 0 Å². The molecule has 0 fully saturated rings. The van der Waals surface area contributed by atoms with Gasteiger partial charge in [0.25, 0.3) is 5.56 Å². The number of pyridine rings is 2. The van der Waals surface area contributed by atoms with Gasteiger partial charge in [-0.05, 0) is 24.3 Å². The molecule has 0 bridgehead atoms. The average molecular weight is 364 g/mol. The van der Waals surface area contributed by atoms with Crippen LogP contribution in [0.3, 0.4) is 0 Å². The number of hydrogen-bond donors (Lipinski definition) is 1. The number of halogens is 3. The van der Waals surface area contributed by atoms with Crippen LogP contribution >= 0.6 is 0 Å². The van der Waals surface area contributed by atoms with E-state index in [1.165, 1.54) is 12.1 Å². The van der Waals surface area contributed by atoms with E-state index in [9.17, 15) is 27.9 Å². The maximum atomic E-state index is 13.0. The molecule has 26 heavy (non-hydrogen) atoms. The fraction of sp³-hybridized carbons (Fsp3) is 0.118. The fourth-order valence-corrected chi connectivity index (χ4v) is 2.51. The first-order valence-electron chi connectivity index (χ1n) is 7.25. The molecule has 9 heteroatoms. The number of para-hydroxylation sites is 1. The van der Waals surface area contributed by atoms with Gasteiger partial charge in [-0.1, -0.05) is 18.2 Å². The van der Waals surface area contributed by atoms with E-state index in [0.29, 0.717) is 6.07 Å². The van der Waals surface area contributed by atoms with Crippen LogP contribution in [0.2, 0.25) is 0 Å². The average Bonchev–Trinajstić information content (AvgIpc) is 2.61. The monoisotopic (exact) mass is 364 g/mol. The van der Waals surface area contributed by atoms with Gasteiger partial charge >= 0.3 is 12.1 Å². The third kappa shape index (κ3) is 2.77. The molecular formula is C17H11F3N2O4. The number of methoxy groups -OCH3 is 1. The standard InChI is InChI=1S/C17H11F3N2O4/c1-26-16(25)12-13(23)10-7-8-11(17(18,19)20)21-14(10)22(15(12)24)9-5-3-2-4-6-9/h2-8,23H,1H3. The van der Waals surface area contributed by atoms with Gasteiger partial charge in [0.1, 0.15) is 11.4 Å². The quantitative estimate of drug-likeness (QED) is 0.707. The van der Waals surface area contributed by atoms with Crippen molar-refractivity contribution in [3.8, 4) is 11.4 Å². The molecular weight excluding hydrogens is 353 g/mol. The molecule has 0 aliphatic heterocycles. The van der Waals surface area contributed by atoms with E-state index >= 15 is 0 Å². The normalized spacial score (nSPS) is 11.5. The van der Waals surface area contributed by atoms with E-state index in [4.69, 9.17) is 0 Å². The number of alkyl halides is 3. The molecule has 1 N–H and O–H groups in total. The van der Waals surface area contributed by atoms with Crippen molar-refractivity contribution in [3.63, 3.8) is 0 Å². The number of esters is 1. The summed E-state index contributed by atoms with van der Waals surface area (Å²) in [6, 6.07) is 9.29. The van der Waals surface area contributed by atoms with Crippen molar-refractivity contribution in [3.05, 3.63) is 64.1 Å². The van der Waals surface area contributed by atoms with Crippen LogP contribution in [0.15, 0.2) is 47.3 Å². The number of carbonyl (C=O) groups excluding carboxylic acids is 1. The predicted octanol–water partition coefficient (Wildman–Crippen LogP) is 2.90. The minimum Gasteiger partial charge on any atom is -0.506 e. The Labute approximate surface area is 144 Å². The molecule has 0 aliphatic rings. The van der Waals surface area contributed by atoms with E-state index in [1.807, 2.05) is 0 Å². The molecule has 0 radical (unpaired) electrons. The minimum absolute atomic E-state index is 0.180. The highest BCUT2D eigenvalue weighted by Gasteiger charge is 2.34. The molecule has 0 unspecified atom stereocenters. The second-order valence-corrected chi connectivity index (χ2v) is 5.26. The number of rotatable bonds is 2. The number of hydrogen-bond acceptors (Lipinski definition) is 5. The smallest absolute Gasteiger partial charge is 0.433 e. The number of benzene rings is 1. The Kier molecular flexibility index (Phi) is 4.15. The van der Waals surface area contributed by atoms with Gasteiger partial charge in [-0.25, -0.2) is 9.78 Å². The van der Waals surface area contributed by atoms with E-state index in [1.54, 1.807) is 18.2 Å². The Morgan fingerprint density at radius 3 is 2.38 bits per heavy atom. The first-order chi connectivity index (χ1) is 12.3. The number of aromatic hydroxyl groups is 1. The second kappa shape index (κ2) is 6.17. The van der Waals surface area contributed by atoms with Crippen molar-refractivity contribution < 1.29 is 27.8 Å². The largest absolute Gasteiger partial charge is 0.506 e. The number of ether oxygens (including phenoxy) is 1. The molecule has 0 saturated heterocycles. The van der Waals surface area contributed by atoms with Crippen molar-refractivity contribution in [2.45, 2.75) is 6.18 Å². The maximum absolute atomic E-state index is 13.0. The maximum Gasteiger partial charge on any atom is 0.433 e. The summed E-state index contributed by atoms with van der Waals surface area (Å²) >= 11 is 0. The van der Waals surface area contributed by atoms with E-state index < -0.39 is 40.4 Å². The van der Waals surface area contributed by atoms with Gasteiger partial charge in [-0.3, -0.25) is 9.36 Å². The van der Waals surface area contributed by atoms with E-state index in [2.05, 4.69) is 9.72 Å². The fourth-order valence-electron chi connectivity index (χ4n) is 2.51. The van der Waals surface area contributed by atoms with Crippen molar-refractivity contribution >= 4 is 17.0 Å². The number of carbonyl (C=O) groups is 1. The van der Waals surface area contributed by atoms with Crippen LogP contribution in [0.1, 0.15) is 16.1 Å². The summed E-state index contributed by atoms with van der Waals surface area (Å²) in [5.74, 6) is -1.90. The van der Waals surface area contributed by atoms with Crippen LogP contribution < -0.4 is 5.56 Å². The third-order valence-corrected chi connectivity index (χ3v) is 3.69. The summed E-state index contributed by atoms with van der Waals surface area (Å²) in [6.45, 7) is 0. The summed E-state index contributed by atoms with van der Waals surface area (Å²) in [7, 11) is 1.02. The molecule has 0 saturated carbocycles. The van der Waals surface area contributed by atoms with Crippen LogP contribution in [-0.4, -0.2) is 27.7 Å². The Balaban J connectivity index is 2.51. The lowest BCUT2D eigenvalue weighted by atomic mass is 10.1. The van der Waals surface area contributed by atoms with Crippen LogP contribution in [0.5, 0.6) is 5.75 Å². The summed E-state index contributed by atoms with van der Waals surface area (Å²) < 4.78 is 44.4. The summed E-state index contributed by atoms with van der Waals surface area (Å²) in [6.07, 6.45) is -4.75. The van der Waals surface area contributed by atoms with Crippen molar-refractivity contribution in [2.24, 2.45) is 0 Å². The lowest BCUT2D eigenvalue weighted by molar-refractivity contribution is -0.141. The minimum atomic E-state index is -4.75.